The summed E-state index contributed by atoms with van der Waals surface area (Å²) in [6.07, 6.45) is 2.15. The summed E-state index contributed by atoms with van der Waals surface area (Å²) >= 11 is 6.01. The highest BCUT2D eigenvalue weighted by Gasteiger charge is 2.18. The lowest BCUT2D eigenvalue weighted by Crippen LogP contribution is -2.01. The highest BCUT2D eigenvalue weighted by molar-refractivity contribution is 6.34. The fraction of sp³-hybridized carbons (Fsp3) is 0.286. The zero-order valence-corrected chi connectivity index (χ0v) is 10.9. The minimum absolute atomic E-state index is 0.0398. The fourth-order valence-corrected chi connectivity index (χ4v) is 2.65. The maximum Gasteiger partial charge on any atom is 0.354 e. The number of pyridine rings is 1. The van der Waals surface area contributed by atoms with Crippen LogP contribution in [0.4, 0.5) is 0 Å². The Morgan fingerprint density at radius 1 is 1.42 bits per heavy atom. The largest absolute Gasteiger partial charge is 0.477 e. The molecule has 1 aliphatic rings. The Balaban J connectivity index is 2.12. The van der Waals surface area contributed by atoms with E-state index >= 15 is 0 Å². The average Bonchev–Trinajstić information content (AvgIpc) is 2.91. The third-order valence-corrected chi connectivity index (χ3v) is 3.62. The standard InChI is InChI=1S/C14H12ClNO3/c15-13-10-4-3-8(12-2-1-5-19-12)6-9(10)7-11(16-13)14(17)18/h3-4,6-7,12H,1-2,5H2,(H,17,18). The lowest BCUT2D eigenvalue weighted by atomic mass is 10.0. The molecule has 1 N–H and O–H groups in total. The molecule has 19 heavy (non-hydrogen) atoms. The predicted octanol–water partition coefficient (Wildman–Crippen LogP) is 3.44. The molecule has 2 heterocycles. The van der Waals surface area contributed by atoms with E-state index in [0.29, 0.717) is 0 Å². The molecule has 3 rings (SSSR count). The molecule has 1 unspecified atom stereocenters. The minimum atomic E-state index is -1.08. The third kappa shape index (κ3) is 2.29. The predicted molar refractivity (Wildman–Crippen MR) is 71.6 cm³/mol. The molecule has 1 saturated heterocycles. The van der Waals surface area contributed by atoms with Crippen molar-refractivity contribution in [1.29, 1.82) is 0 Å². The van der Waals surface area contributed by atoms with Gasteiger partial charge in [-0.25, -0.2) is 9.78 Å². The van der Waals surface area contributed by atoms with Crippen LogP contribution in [0, 0.1) is 0 Å². The third-order valence-electron chi connectivity index (χ3n) is 3.33. The summed E-state index contributed by atoms with van der Waals surface area (Å²) in [4.78, 5) is 14.9. The summed E-state index contributed by atoms with van der Waals surface area (Å²) in [7, 11) is 0. The van der Waals surface area contributed by atoms with Crippen molar-refractivity contribution in [3.63, 3.8) is 0 Å². The second kappa shape index (κ2) is 4.79. The normalized spacial score (nSPS) is 18.9. The Morgan fingerprint density at radius 3 is 2.95 bits per heavy atom. The quantitative estimate of drug-likeness (QED) is 0.854. The Labute approximate surface area is 115 Å². The van der Waals surface area contributed by atoms with Gasteiger partial charge in [-0.15, -0.1) is 0 Å². The van der Waals surface area contributed by atoms with E-state index < -0.39 is 5.97 Å². The molecule has 0 bridgehead atoms. The van der Waals surface area contributed by atoms with Gasteiger partial charge in [0.25, 0.3) is 0 Å². The van der Waals surface area contributed by atoms with E-state index in [1.165, 1.54) is 0 Å². The summed E-state index contributed by atoms with van der Waals surface area (Å²) in [5, 5.41) is 10.8. The zero-order valence-electron chi connectivity index (χ0n) is 10.1. The van der Waals surface area contributed by atoms with Crippen LogP contribution in [0.2, 0.25) is 5.15 Å². The highest BCUT2D eigenvalue weighted by atomic mass is 35.5. The van der Waals surface area contributed by atoms with E-state index in [0.717, 1.165) is 35.8 Å². The van der Waals surface area contributed by atoms with Crippen molar-refractivity contribution in [1.82, 2.24) is 4.98 Å². The van der Waals surface area contributed by atoms with Crippen molar-refractivity contribution >= 4 is 28.3 Å². The molecule has 2 aromatic rings. The molecular weight excluding hydrogens is 266 g/mol. The van der Waals surface area contributed by atoms with Gasteiger partial charge in [0.15, 0.2) is 5.69 Å². The maximum atomic E-state index is 11.0. The number of hydrogen-bond acceptors (Lipinski definition) is 3. The molecule has 0 saturated carbocycles. The van der Waals surface area contributed by atoms with Crippen LogP contribution in [0.3, 0.4) is 0 Å². The van der Waals surface area contributed by atoms with E-state index in [-0.39, 0.29) is 17.0 Å². The average molecular weight is 278 g/mol. The molecule has 1 aromatic heterocycles. The van der Waals surface area contributed by atoms with Crippen molar-refractivity contribution in [3.05, 3.63) is 40.7 Å². The number of hydrogen-bond donors (Lipinski definition) is 1. The Morgan fingerprint density at radius 2 is 2.26 bits per heavy atom. The number of carboxylic acids is 1. The molecule has 4 nitrogen and oxygen atoms in total. The van der Waals surface area contributed by atoms with Crippen LogP contribution < -0.4 is 0 Å². The van der Waals surface area contributed by atoms with Gasteiger partial charge >= 0.3 is 5.97 Å². The summed E-state index contributed by atoms with van der Waals surface area (Å²) in [6.45, 7) is 0.778. The fourth-order valence-electron chi connectivity index (χ4n) is 2.38. The molecule has 0 amide bonds. The lowest BCUT2D eigenvalue weighted by molar-refractivity contribution is 0.0690. The van der Waals surface area contributed by atoms with Gasteiger partial charge in [0.05, 0.1) is 6.10 Å². The summed E-state index contributed by atoms with van der Waals surface area (Å²) in [6, 6.07) is 7.31. The van der Waals surface area contributed by atoms with Gasteiger partial charge in [0, 0.05) is 12.0 Å². The van der Waals surface area contributed by atoms with Crippen LogP contribution in [-0.4, -0.2) is 22.7 Å². The number of benzene rings is 1. The van der Waals surface area contributed by atoms with Gasteiger partial charge < -0.3 is 9.84 Å². The summed E-state index contributed by atoms with van der Waals surface area (Å²) < 4.78 is 5.63. The molecule has 1 fully saturated rings. The Kier molecular flexibility index (Phi) is 3.12. The van der Waals surface area contributed by atoms with E-state index in [9.17, 15) is 4.79 Å². The summed E-state index contributed by atoms with van der Waals surface area (Å²) in [5.41, 5.74) is 1.02. The maximum absolute atomic E-state index is 11.0. The van der Waals surface area contributed by atoms with Crippen LogP contribution in [0.1, 0.15) is 35.0 Å². The second-order valence-electron chi connectivity index (χ2n) is 4.59. The molecule has 5 heteroatoms. The van der Waals surface area contributed by atoms with Crippen molar-refractivity contribution in [3.8, 4) is 0 Å². The Bertz CT molecular complexity index is 650. The number of aromatic carboxylic acids is 1. The first-order chi connectivity index (χ1) is 9.15. The molecule has 0 spiro atoms. The van der Waals surface area contributed by atoms with Crippen molar-refractivity contribution in [2.45, 2.75) is 18.9 Å². The number of carboxylic acid groups (broad SMARTS) is 1. The summed E-state index contributed by atoms with van der Waals surface area (Å²) in [5.74, 6) is -1.08. The van der Waals surface area contributed by atoms with E-state index in [2.05, 4.69) is 4.98 Å². The van der Waals surface area contributed by atoms with Crippen LogP contribution in [0.25, 0.3) is 10.8 Å². The first-order valence-corrected chi connectivity index (χ1v) is 6.48. The SMILES string of the molecule is O=C(O)c1cc2cc(C3CCCO3)ccc2c(Cl)n1. The number of rotatable bonds is 2. The molecule has 1 atom stereocenters. The monoisotopic (exact) mass is 277 g/mol. The number of carbonyl (C=O) groups is 1. The van der Waals surface area contributed by atoms with E-state index in [1.54, 1.807) is 6.07 Å². The molecule has 0 aliphatic carbocycles. The highest BCUT2D eigenvalue weighted by Crippen LogP contribution is 2.32. The van der Waals surface area contributed by atoms with Crippen LogP contribution in [-0.2, 0) is 4.74 Å². The number of aromatic nitrogens is 1. The topological polar surface area (TPSA) is 59.4 Å². The minimum Gasteiger partial charge on any atom is -0.477 e. The van der Waals surface area contributed by atoms with E-state index in [1.807, 2.05) is 18.2 Å². The zero-order chi connectivity index (χ0) is 13.4. The first-order valence-electron chi connectivity index (χ1n) is 6.10. The van der Waals surface area contributed by atoms with Gasteiger partial charge in [0.1, 0.15) is 5.15 Å². The van der Waals surface area contributed by atoms with Gasteiger partial charge in [-0.05, 0) is 35.9 Å². The smallest absolute Gasteiger partial charge is 0.354 e. The van der Waals surface area contributed by atoms with Gasteiger partial charge in [-0.1, -0.05) is 23.7 Å². The van der Waals surface area contributed by atoms with Crippen molar-refractivity contribution in [2.24, 2.45) is 0 Å². The first kappa shape index (κ1) is 12.4. The Hall–Kier alpha value is -1.65. The lowest BCUT2D eigenvalue weighted by Gasteiger charge is -2.11. The second-order valence-corrected chi connectivity index (χ2v) is 4.94. The molecule has 0 radical (unpaired) electrons. The molecule has 1 aromatic carbocycles. The van der Waals surface area contributed by atoms with Crippen LogP contribution in [0.5, 0.6) is 0 Å². The van der Waals surface area contributed by atoms with E-state index in [4.69, 9.17) is 21.4 Å². The number of halogens is 1. The number of ether oxygens (including phenoxy) is 1. The molecule has 98 valence electrons. The van der Waals surface area contributed by atoms with Gasteiger partial charge in [-0.2, -0.15) is 0 Å². The van der Waals surface area contributed by atoms with Crippen LogP contribution >= 0.6 is 11.6 Å². The van der Waals surface area contributed by atoms with Gasteiger partial charge in [0.2, 0.25) is 0 Å². The van der Waals surface area contributed by atoms with Crippen molar-refractivity contribution in [2.75, 3.05) is 6.61 Å². The number of fused-ring (bicyclic) bond motifs is 1. The number of nitrogens with zero attached hydrogens (tertiary/aromatic N) is 1. The van der Waals surface area contributed by atoms with Crippen LogP contribution in [0.15, 0.2) is 24.3 Å². The molecule has 1 aliphatic heterocycles. The van der Waals surface area contributed by atoms with Gasteiger partial charge in [-0.3, -0.25) is 0 Å². The van der Waals surface area contributed by atoms with Crippen molar-refractivity contribution < 1.29 is 14.6 Å². The molecular formula is C14H12ClNO3.